The molecule has 16 heavy (non-hydrogen) atoms. The Kier molecular flexibility index (Phi) is 5.73. The van der Waals surface area contributed by atoms with Gasteiger partial charge in [0.05, 0.1) is 0 Å². The topological polar surface area (TPSA) is 34.1 Å². The van der Waals surface area contributed by atoms with Crippen LogP contribution < -0.4 is 0 Å². The molecule has 92 valence electrons. The normalized spacial score (nSPS) is 11.6. The lowest BCUT2D eigenvalue weighted by Crippen LogP contribution is -1.98. The van der Waals surface area contributed by atoms with Crippen molar-refractivity contribution < 1.29 is 29.4 Å². The molecule has 1 aromatic carbocycles. The van der Waals surface area contributed by atoms with Crippen molar-refractivity contribution in [2.45, 2.75) is 10.4 Å². The Morgan fingerprint density at radius 2 is 1.38 bits per heavy atom. The van der Waals surface area contributed by atoms with E-state index in [2.05, 4.69) is 0 Å². The molecule has 0 atom stereocenters. The second-order valence-corrected chi connectivity index (χ2v) is 4.13. The predicted octanol–water partition coefficient (Wildman–Crippen LogP) is 3.47. The van der Waals surface area contributed by atoms with Gasteiger partial charge in [-0.2, -0.15) is 21.6 Å². The highest BCUT2D eigenvalue weighted by atomic mass is 32.3. The Balaban J connectivity index is 0.000000385. The van der Waals surface area contributed by atoms with Crippen LogP contribution in [0.4, 0.5) is 20.9 Å². The fourth-order valence-corrected chi connectivity index (χ4v) is 1.18. The number of hydrogen-bond donors (Lipinski definition) is 0. The summed E-state index contributed by atoms with van der Waals surface area (Å²) in [5.74, 6) is 0. The van der Waals surface area contributed by atoms with Crippen molar-refractivity contribution in [2.75, 3.05) is 0 Å². The number of benzene rings is 1. The van der Waals surface area contributed by atoms with Crippen LogP contribution in [0, 0.1) is 0 Å². The van der Waals surface area contributed by atoms with E-state index >= 15 is 0 Å². The van der Waals surface area contributed by atoms with E-state index in [1.165, 1.54) is 12.1 Å². The molecule has 0 bridgehead atoms. The Hall–Kier alpha value is -0.830. The molecule has 0 aromatic heterocycles. The minimum atomic E-state index is -5.67. The summed E-state index contributed by atoms with van der Waals surface area (Å²) < 4.78 is 71.7. The molecule has 0 fully saturated rings. The molecule has 0 unspecified atom stereocenters. The van der Waals surface area contributed by atoms with Crippen LogP contribution in [0.25, 0.3) is 0 Å². The van der Waals surface area contributed by atoms with Gasteiger partial charge in [0.25, 0.3) is 0 Å². The zero-order valence-electron chi connectivity index (χ0n) is 7.41. The van der Waals surface area contributed by atoms with Crippen molar-refractivity contribution in [3.05, 3.63) is 30.3 Å². The summed E-state index contributed by atoms with van der Waals surface area (Å²) in [6.45, 7) is 0. The zero-order valence-corrected chi connectivity index (χ0v) is 9.04. The van der Waals surface area contributed by atoms with E-state index in [-0.39, 0.29) is 16.7 Å². The summed E-state index contributed by atoms with van der Waals surface area (Å²) in [5.41, 5.74) is -4.18. The molecule has 0 amide bonds. The van der Waals surface area contributed by atoms with E-state index in [0.29, 0.717) is 0 Å². The van der Waals surface area contributed by atoms with E-state index in [0.717, 1.165) is 0 Å². The van der Waals surface area contributed by atoms with Crippen molar-refractivity contribution >= 4 is 22.4 Å². The van der Waals surface area contributed by atoms with Crippen LogP contribution in [0.5, 0.6) is 0 Å². The van der Waals surface area contributed by atoms with Gasteiger partial charge in [-0.3, -0.25) is 0 Å². The third-order valence-electron chi connectivity index (χ3n) is 0.977. The predicted molar refractivity (Wildman–Crippen MR) is 49.5 cm³/mol. The van der Waals surface area contributed by atoms with Gasteiger partial charge in [0, 0.05) is 4.90 Å². The van der Waals surface area contributed by atoms with Crippen LogP contribution in [0.2, 0.25) is 0 Å². The maximum Gasteiger partial charge on any atom is 0.476 e. The lowest BCUT2D eigenvalue weighted by Gasteiger charge is -2.03. The standard InChI is InChI=1S/C7H5F3S.F2O2S/c8-7(9,10)11-6-4-2-1-3-5-6;1-5(2,3)4/h1-5H;. The number of halogens is 5. The van der Waals surface area contributed by atoms with Gasteiger partial charge in [-0.25, -0.2) is 0 Å². The van der Waals surface area contributed by atoms with E-state index < -0.39 is 16.1 Å². The van der Waals surface area contributed by atoms with Gasteiger partial charge in [-0.15, -0.1) is 0 Å². The van der Waals surface area contributed by atoms with Gasteiger partial charge < -0.3 is 0 Å². The maximum atomic E-state index is 11.7. The molecule has 0 aliphatic carbocycles. The van der Waals surface area contributed by atoms with Crippen LogP contribution in [0.1, 0.15) is 0 Å². The summed E-state index contributed by atoms with van der Waals surface area (Å²) in [5, 5.41) is 0. The van der Waals surface area contributed by atoms with E-state index in [1.54, 1.807) is 18.2 Å². The molecular formula is C7H5F5O2S2. The Morgan fingerprint density at radius 1 is 1.00 bits per heavy atom. The summed E-state index contributed by atoms with van der Waals surface area (Å²) >= 11 is -0.0993. The van der Waals surface area contributed by atoms with Crippen molar-refractivity contribution in [3.63, 3.8) is 0 Å². The van der Waals surface area contributed by atoms with Crippen LogP contribution in [0.3, 0.4) is 0 Å². The third kappa shape index (κ3) is 13.2. The van der Waals surface area contributed by atoms with Crippen LogP contribution in [-0.4, -0.2) is 13.9 Å². The molecule has 9 heteroatoms. The first-order chi connectivity index (χ1) is 7.08. The van der Waals surface area contributed by atoms with Crippen LogP contribution >= 0.6 is 11.8 Å². The maximum absolute atomic E-state index is 11.7. The molecule has 1 rings (SSSR count). The molecular weight excluding hydrogens is 275 g/mol. The SMILES string of the molecule is FC(F)(F)Sc1ccccc1.O=S(=O)(F)F. The van der Waals surface area contributed by atoms with E-state index in [4.69, 9.17) is 8.42 Å². The van der Waals surface area contributed by atoms with Crippen molar-refractivity contribution in [3.8, 4) is 0 Å². The first kappa shape index (κ1) is 15.2. The number of thioether (sulfide) groups is 1. The van der Waals surface area contributed by atoms with E-state index in [1.807, 2.05) is 0 Å². The van der Waals surface area contributed by atoms with Crippen molar-refractivity contribution in [1.29, 1.82) is 0 Å². The second kappa shape index (κ2) is 6.04. The largest absolute Gasteiger partial charge is 0.476 e. The third-order valence-corrected chi connectivity index (χ3v) is 1.72. The first-order valence-electron chi connectivity index (χ1n) is 3.53. The fraction of sp³-hybridized carbons (Fsp3) is 0.143. The summed E-state index contributed by atoms with van der Waals surface area (Å²) in [7, 11) is -5.67. The zero-order chi connectivity index (χ0) is 12.8. The molecule has 1 aromatic rings. The minimum absolute atomic E-state index is 0.0993. The Bertz CT molecular complexity index is 393. The van der Waals surface area contributed by atoms with Gasteiger partial charge in [0.1, 0.15) is 0 Å². The molecule has 0 radical (unpaired) electrons. The molecule has 0 spiro atoms. The van der Waals surface area contributed by atoms with Crippen molar-refractivity contribution in [2.24, 2.45) is 0 Å². The van der Waals surface area contributed by atoms with E-state index in [9.17, 15) is 20.9 Å². The molecule has 0 saturated carbocycles. The highest BCUT2D eigenvalue weighted by Crippen LogP contribution is 2.36. The Morgan fingerprint density at radius 3 is 1.69 bits per heavy atom. The van der Waals surface area contributed by atoms with Gasteiger partial charge >= 0.3 is 16.1 Å². The van der Waals surface area contributed by atoms with Crippen molar-refractivity contribution in [1.82, 2.24) is 0 Å². The van der Waals surface area contributed by atoms with Gasteiger partial charge in [-0.05, 0) is 23.9 Å². The second-order valence-electron chi connectivity index (χ2n) is 2.24. The van der Waals surface area contributed by atoms with Gasteiger partial charge in [-0.1, -0.05) is 26.0 Å². The molecule has 0 saturated heterocycles. The lowest BCUT2D eigenvalue weighted by atomic mass is 10.4. The average Bonchev–Trinajstić information content (AvgIpc) is 1.99. The molecule has 0 heterocycles. The van der Waals surface area contributed by atoms with Crippen LogP contribution in [0.15, 0.2) is 35.2 Å². The molecule has 0 aliphatic heterocycles. The van der Waals surface area contributed by atoms with Crippen LogP contribution in [-0.2, 0) is 10.6 Å². The summed E-state index contributed by atoms with van der Waals surface area (Å²) in [6.07, 6.45) is 0. The lowest BCUT2D eigenvalue weighted by molar-refractivity contribution is -0.0328. The highest BCUT2D eigenvalue weighted by molar-refractivity contribution is 8.00. The summed E-state index contributed by atoms with van der Waals surface area (Å²) in [4.78, 5) is 0.222. The fourth-order valence-electron chi connectivity index (χ4n) is 0.622. The quantitative estimate of drug-likeness (QED) is 0.449. The molecule has 0 aliphatic rings. The average molecular weight is 280 g/mol. The monoisotopic (exact) mass is 280 g/mol. The smallest absolute Gasteiger partial charge is 0.160 e. The van der Waals surface area contributed by atoms with Gasteiger partial charge in [0.15, 0.2) is 0 Å². The Labute approximate surface area is 93.0 Å². The number of hydrogen-bond acceptors (Lipinski definition) is 3. The number of alkyl halides is 3. The highest BCUT2D eigenvalue weighted by Gasteiger charge is 2.28. The summed E-state index contributed by atoms with van der Waals surface area (Å²) in [6, 6.07) is 7.69. The minimum Gasteiger partial charge on any atom is -0.160 e. The van der Waals surface area contributed by atoms with Gasteiger partial charge in [0.2, 0.25) is 0 Å². The number of rotatable bonds is 1. The molecule has 0 N–H and O–H groups in total. The molecule has 2 nitrogen and oxygen atoms in total. The first-order valence-corrected chi connectivity index (χ1v) is 5.63.